The maximum absolute atomic E-state index is 12.1. The van der Waals surface area contributed by atoms with E-state index in [1.807, 2.05) is 30.5 Å². The third kappa shape index (κ3) is 3.04. The number of carbonyl (C=O) groups excluding carboxylic acids is 1. The summed E-state index contributed by atoms with van der Waals surface area (Å²) in [6.45, 7) is 2.00. The van der Waals surface area contributed by atoms with Gasteiger partial charge >= 0.3 is 0 Å². The third-order valence-corrected chi connectivity index (χ3v) is 5.34. The average molecular weight is 454 g/mol. The molecule has 1 N–H and O–H groups in total. The first-order valence-corrected chi connectivity index (χ1v) is 8.25. The van der Waals surface area contributed by atoms with Crippen LogP contribution in [-0.2, 0) is 0 Å². The van der Waals surface area contributed by atoms with Crippen molar-refractivity contribution in [2.24, 2.45) is 0 Å². The van der Waals surface area contributed by atoms with Crippen LogP contribution in [0.1, 0.15) is 15.2 Å². The normalized spacial score (nSPS) is 10.4. The summed E-state index contributed by atoms with van der Waals surface area (Å²) in [5.41, 5.74) is 1.86. The summed E-state index contributed by atoms with van der Waals surface area (Å²) in [5.74, 6) is -0.123. The van der Waals surface area contributed by atoms with Gasteiger partial charge in [0, 0.05) is 13.4 Å². The van der Waals surface area contributed by atoms with Gasteiger partial charge in [-0.15, -0.1) is 11.3 Å². The van der Waals surface area contributed by atoms with E-state index in [0.29, 0.717) is 4.88 Å². The van der Waals surface area contributed by atoms with E-state index in [4.69, 9.17) is 0 Å². The second kappa shape index (κ2) is 5.86. The first kappa shape index (κ1) is 14.2. The smallest absolute Gasteiger partial charge is 0.266 e. The van der Waals surface area contributed by atoms with Crippen LogP contribution >= 0.6 is 59.1 Å². The first-order chi connectivity index (χ1) is 8.49. The summed E-state index contributed by atoms with van der Waals surface area (Å²) < 4.78 is 2.52. The fourth-order valence-electron chi connectivity index (χ4n) is 1.45. The predicted molar refractivity (Wildman–Crippen MR) is 86.6 cm³/mol. The van der Waals surface area contributed by atoms with Crippen molar-refractivity contribution in [2.45, 2.75) is 6.92 Å². The van der Waals surface area contributed by atoms with Crippen molar-refractivity contribution in [2.75, 3.05) is 5.32 Å². The fourth-order valence-corrected chi connectivity index (χ4v) is 4.51. The highest BCUT2D eigenvalue weighted by molar-refractivity contribution is 9.11. The zero-order chi connectivity index (χ0) is 13.3. The van der Waals surface area contributed by atoms with Crippen molar-refractivity contribution in [3.8, 4) is 0 Å². The molecule has 0 aliphatic heterocycles. The van der Waals surface area contributed by atoms with Gasteiger partial charge in [0.15, 0.2) is 0 Å². The van der Waals surface area contributed by atoms with Gasteiger partial charge in [0.25, 0.3) is 5.91 Å². The number of hydrogen-bond acceptors (Lipinski definition) is 2. The molecule has 0 bridgehead atoms. The van der Waals surface area contributed by atoms with Crippen molar-refractivity contribution in [3.63, 3.8) is 0 Å². The molecule has 0 radical (unpaired) electrons. The zero-order valence-electron chi connectivity index (χ0n) is 9.26. The Morgan fingerprint density at radius 3 is 2.28 bits per heavy atom. The van der Waals surface area contributed by atoms with E-state index in [2.05, 4.69) is 53.1 Å². The zero-order valence-corrected chi connectivity index (χ0v) is 14.8. The Hall–Kier alpha value is -0.170. The molecule has 0 spiro atoms. The number of halogens is 3. The van der Waals surface area contributed by atoms with Crippen LogP contribution in [0.5, 0.6) is 0 Å². The topological polar surface area (TPSA) is 29.1 Å². The standard InChI is InChI=1S/C12H8Br3NOS/c1-6-4-8(14)10(9(15)5-6)16-12(17)11-7(13)2-3-18-11/h2-5H,1H3,(H,16,17). The molecule has 18 heavy (non-hydrogen) atoms. The molecule has 2 aromatic rings. The van der Waals surface area contributed by atoms with Crippen LogP contribution in [0.2, 0.25) is 0 Å². The van der Waals surface area contributed by atoms with Crippen molar-refractivity contribution in [1.82, 2.24) is 0 Å². The predicted octanol–water partition coefficient (Wildman–Crippen LogP) is 5.60. The fraction of sp³-hybridized carbons (Fsp3) is 0.0833. The lowest BCUT2D eigenvalue weighted by Gasteiger charge is -2.10. The second-order valence-corrected chi connectivity index (χ2v) is 7.13. The quantitative estimate of drug-likeness (QED) is 0.630. The van der Waals surface area contributed by atoms with Gasteiger partial charge in [0.2, 0.25) is 0 Å². The van der Waals surface area contributed by atoms with E-state index in [1.54, 1.807) is 0 Å². The van der Waals surface area contributed by atoms with E-state index < -0.39 is 0 Å². The second-order valence-electron chi connectivity index (χ2n) is 3.66. The Morgan fingerprint density at radius 2 is 1.78 bits per heavy atom. The number of aryl methyl sites for hydroxylation is 1. The highest BCUT2D eigenvalue weighted by Crippen LogP contribution is 2.33. The van der Waals surface area contributed by atoms with E-state index in [0.717, 1.165) is 24.7 Å². The Morgan fingerprint density at radius 1 is 1.17 bits per heavy atom. The minimum Gasteiger partial charge on any atom is -0.319 e. The van der Waals surface area contributed by atoms with E-state index in [9.17, 15) is 4.79 Å². The molecule has 0 aliphatic rings. The van der Waals surface area contributed by atoms with Crippen LogP contribution in [0.3, 0.4) is 0 Å². The molecule has 1 aromatic carbocycles. The molecule has 0 saturated carbocycles. The van der Waals surface area contributed by atoms with Gasteiger partial charge < -0.3 is 5.32 Å². The number of anilines is 1. The summed E-state index contributed by atoms with van der Waals surface area (Å²) in [4.78, 5) is 12.8. The molecule has 2 nitrogen and oxygen atoms in total. The molecule has 0 aliphatic carbocycles. The summed E-state index contributed by atoms with van der Waals surface area (Å²) in [6, 6.07) is 5.78. The molecule has 6 heteroatoms. The molecule has 0 atom stereocenters. The van der Waals surface area contributed by atoms with Gasteiger partial charge in [-0.3, -0.25) is 4.79 Å². The maximum Gasteiger partial charge on any atom is 0.266 e. The monoisotopic (exact) mass is 451 g/mol. The van der Waals surface area contributed by atoms with E-state index in [1.165, 1.54) is 11.3 Å². The third-order valence-electron chi connectivity index (χ3n) is 2.25. The van der Waals surface area contributed by atoms with Crippen LogP contribution in [0.15, 0.2) is 37.0 Å². The summed E-state index contributed by atoms with van der Waals surface area (Å²) in [6.07, 6.45) is 0. The molecule has 0 unspecified atom stereocenters. The van der Waals surface area contributed by atoms with Crippen LogP contribution in [0.4, 0.5) is 5.69 Å². The van der Waals surface area contributed by atoms with Crippen molar-refractivity contribution < 1.29 is 4.79 Å². The average Bonchev–Trinajstić information content (AvgIpc) is 2.69. The maximum atomic E-state index is 12.1. The van der Waals surface area contributed by atoms with E-state index in [-0.39, 0.29) is 5.91 Å². The molecule has 1 aromatic heterocycles. The Balaban J connectivity index is 2.31. The van der Waals surface area contributed by atoms with Crippen LogP contribution in [0, 0.1) is 6.92 Å². The molecular formula is C12H8Br3NOS. The van der Waals surface area contributed by atoms with Crippen LogP contribution in [-0.4, -0.2) is 5.91 Å². The largest absolute Gasteiger partial charge is 0.319 e. The van der Waals surface area contributed by atoms with Gasteiger partial charge in [0.1, 0.15) is 4.88 Å². The Labute approximate surface area is 134 Å². The van der Waals surface area contributed by atoms with Crippen molar-refractivity contribution in [1.29, 1.82) is 0 Å². The SMILES string of the molecule is Cc1cc(Br)c(NC(=O)c2sccc2Br)c(Br)c1. The Kier molecular flexibility index (Phi) is 4.64. The number of rotatable bonds is 2. The number of thiophene rings is 1. The Bertz CT molecular complexity index is 586. The summed E-state index contributed by atoms with van der Waals surface area (Å²) in [5, 5.41) is 4.77. The van der Waals surface area contributed by atoms with Gasteiger partial charge in [-0.05, 0) is 83.9 Å². The molecular weight excluding hydrogens is 446 g/mol. The highest BCUT2D eigenvalue weighted by atomic mass is 79.9. The summed E-state index contributed by atoms with van der Waals surface area (Å²) in [7, 11) is 0. The van der Waals surface area contributed by atoms with Gasteiger partial charge in [-0.1, -0.05) is 0 Å². The number of nitrogens with one attached hydrogen (secondary N) is 1. The highest BCUT2D eigenvalue weighted by Gasteiger charge is 2.15. The molecule has 0 fully saturated rings. The lowest BCUT2D eigenvalue weighted by Crippen LogP contribution is -2.11. The lowest BCUT2D eigenvalue weighted by atomic mass is 10.2. The molecule has 94 valence electrons. The van der Waals surface area contributed by atoms with Gasteiger partial charge in [-0.25, -0.2) is 0 Å². The number of carbonyl (C=O) groups is 1. The molecule has 1 amide bonds. The van der Waals surface area contributed by atoms with Crippen molar-refractivity contribution >= 4 is 70.7 Å². The molecule has 2 rings (SSSR count). The molecule has 1 heterocycles. The van der Waals surface area contributed by atoms with Gasteiger partial charge in [0.05, 0.1) is 5.69 Å². The van der Waals surface area contributed by atoms with Crippen LogP contribution < -0.4 is 5.32 Å². The van der Waals surface area contributed by atoms with Gasteiger partial charge in [-0.2, -0.15) is 0 Å². The number of benzene rings is 1. The lowest BCUT2D eigenvalue weighted by molar-refractivity contribution is 0.103. The first-order valence-electron chi connectivity index (χ1n) is 4.99. The minimum atomic E-state index is -0.123. The molecule has 0 saturated heterocycles. The number of hydrogen-bond donors (Lipinski definition) is 1. The van der Waals surface area contributed by atoms with E-state index >= 15 is 0 Å². The van der Waals surface area contributed by atoms with Crippen LogP contribution in [0.25, 0.3) is 0 Å². The summed E-state index contributed by atoms with van der Waals surface area (Å²) >= 11 is 11.7. The minimum absolute atomic E-state index is 0.123. The van der Waals surface area contributed by atoms with Crippen molar-refractivity contribution in [3.05, 3.63) is 47.4 Å². The number of amides is 1.